The van der Waals surface area contributed by atoms with Crippen LogP contribution in [0.4, 0.5) is 0 Å². The minimum Gasteiger partial charge on any atom is -0.271 e. The van der Waals surface area contributed by atoms with E-state index in [-0.39, 0.29) is 6.04 Å². The summed E-state index contributed by atoms with van der Waals surface area (Å²) in [7, 11) is 0. The lowest BCUT2D eigenvalue weighted by atomic mass is 10.1. The van der Waals surface area contributed by atoms with Crippen LogP contribution in [0, 0.1) is 3.57 Å². The lowest BCUT2D eigenvalue weighted by Crippen LogP contribution is -2.28. The Balaban J connectivity index is 2.16. The van der Waals surface area contributed by atoms with Crippen LogP contribution in [-0.4, -0.2) is 0 Å². The first-order valence-corrected chi connectivity index (χ1v) is 8.73. The molecule has 2 aromatic rings. The molecule has 0 saturated carbocycles. The van der Waals surface area contributed by atoms with Crippen molar-refractivity contribution in [3.05, 3.63) is 52.6 Å². The second kappa shape index (κ2) is 6.81. The molecule has 0 aliphatic carbocycles. The molecule has 1 aromatic heterocycles. The van der Waals surface area contributed by atoms with Gasteiger partial charge in [-0.1, -0.05) is 12.1 Å². The molecule has 1 unspecified atom stereocenters. The van der Waals surface area contributed by atoms with Gasteiger partial charge >= 0.3 is 0 Å². The molecule has 0 bridgehead atoms. The van der Waals surface area contributed by atoms with Crippen LogP contribution in [0.5, 0.6) is 0 Å². The zero-order valence-corrected chi connectivity index (χ0v) is 15.4. The Labute approximate surface area is 141 Å². The Kier molecular flexibility index (Phi) is 5.64. The number of nitrogens with one attached hydrogen (secondary N) is 1. The fourth-order valence-electron chi connectivity index (χ4n) is 1.63. The lowest BCUT2D eigenvalue weighted by Gasteiger charge is -2.14. The number of hydrogen-bond acceptors (Lipinski definition) is 3. The molecule has 1 heterocycles. The molecule has 96 valence electrons. The Morgan fingerprint density at radius 2 is 1.94 bits per heavy atom. The van der Waals surface area contributed by atoms with Gasteiger partial charge in [-0.3, -0.25) is 11.3 Å². The van der Waals surface area contributed by atoms with E-state index >= 15 is 0 Å². The first kappa shape index (κ1) is 14.9. The number of rotatable bonds is 4. The average Bonchev–Trinajstić information content (AvgIpc) is 2.69. The Morgan fingerprint density at radius 3 is 2.44 bits per heavy atom. The summed E-state index contributed by atoms with van der Waals surface area (Å²) in [6, 6.07) is 10.8. The molecule has 6 heteroatoms. The van der Waals surface area contributed by atoms with Crippen molar-refractivity contribution in [3.63, 3.8) is 0 Å². The average molecular weight is 502 g/mol. The lowest BCUT2D eigenvalue weighted by molar-refractivity contribution is 0.560. The second-order valence-electron chi connectivity index (χ2n) is 3.82. The molecule has 0 saturated heterocycles. The van der Waals surface area contributed by atoms with Crippen molar-refractivity contribution in [2.24, 2.45) is 5.84 Å². The molecule has 0 amide bonds. The van der Waals surface area contributed by atoms with Crippen molar-refractivity contribution in [3.8, 4) is 0 Å². The number of hydrogen-bond donors (Lipinski definition) is 2. The van der Waals surface area contributed by atoms with Crippen molar-refractivity contribution in [2.45, 2.75) is 12.5 Å². The number of halogens is 3. The Morgan fingerprint density at radius 1 is 1.28 bits per heavy atom. The summed E-state index contributed by atoms with van der Waals surface area (Å²) >= 11 is 11.0. The first-order valence-electron chi connectivity index (χ1n) is 5.25. The smallest absolute Gasteiger partial charge is 0.0843 e. The maximum Gasteiger partial charge on any atom is 0.0843 e. The van der Waals surface area contributed by atoms with Gasteiger partial charge < -0.3 is 0 Å². The molecule has 0 radical (unpaired) electrons. The normalized spacial score (nSPS) is 12.7. The van der Waals surface area contributed by atoms with Crippen molar-refractivity contribution in [2.75, 3.05) is 0 Å². The highest BCUT2D eigenvalue weighted by Gasteiger charge is 2.15. The molecule has 2 rings (SSSR count). The zero-order chi connectivity index (χ0) is 13.1. The van der Waals surface area contributed by atoms with Crippen LogP contribution in [0.15, 0.2) is 38.6 Å². The fourth-order valence-corrected chi connectivity index (χ4v) is 4.14. The van der Waals surface area contributed by atoms with Gasteiger partial charge in [-0.15, -0.1) is 11.3 Å². The van der Waals surface area contributed by atoms with Crippen LogP contribution in [0.3, 0.4) is 0 Å². The zero-order valence-electron chi connectivity index (χ0n) is 9.29. The first-order chi connectivity index (χ1) is 8.60. The summed E-state index contributed by atoms with van der Waals surface area (Å²) in [6.07, 6.45) is 0.882. The Bertz CT molecular complexity index is 508. The number of thiophene rings is 1. The molecule has 0 aliphatic rings. The third kappa shape index (κ3) is 3.77. The molecule has 0 spiro atoms. The maximum absolute atomic E-state index is 5.67. The highest BCUT2D eigenvalue weighted by Crippen LogP contribution is 2.36. The van der Waals surface area contributed by atoms with Crippen LogP contribution in [0.1, 0.15) is 16.5 Å². The number of nitrogens with two attached hydrogens (primary N) is 1. The summed E-state index contributed by atoms with van der Waals surface area (Å²) in [5.41, 5.74) is 4.17. The van der Waals surface area contributed by atoms with Crippen LogP contribution >= 0.6 is 65.8 Å². The van der Waals surface area contributed by atoms with Crippen molar-refractivity contribution in [1.29, 1.82) is 0 Å². The van der Waals surface area contributed by atoms with Crippen LogP contribution in [-0.2, 0) is 6.42 Å². The fraction of sp³-hybridized carbons (Fsp3) is 0.167. The van der Waals surface area contributed by atoms with Gasteiger partial charge in [-0.25, -0.2) is 0 Å². The van der Waals surface area contributed by atoms with Gasteiger partial charge in [-0.2, -0.15) is 0 Å². The summed E-state index contributed by atoms with van der Waals surface area (Å²) in [6.45, 7) is 0. The third-order valence-corrected chi connectivity index (χ3v) is 6.65. The van der Waals surface area contributed by atoms with Gasteiger partial charge in [0.25, 0.3) is 0 Å². The van der Waals surface area contributed by atoms with Crippen LogP contribution in [0.25, 0.3) is 0 Å². The van der Waals surface area contributed by atoms with Crippen LogP contribution < -0.4 is 11.3 Å². The molecule has 18 heavy (non-hydrogen) atoms. The summed E-state index contributed by atoms with van der Waals surface area (Å²) < 4.78 is 3.42. The van der Waals surface area contributed by atoms with Gasteiger partial charge in [0.2, 0.25) is 0 Å². The summed E-state index contributed by atoms with van der Waals surface area (Å²) in [4.78, 5) is 1.22. The quantitative estimate of drug-likeness (QED) is 0.364. The van der Waals surface area contributed by atoms with E-state index in [4.69, 9.17) is 5.84 Å². The Hall–Kier alpha value is 0.530. The summed E-state index contributed by atoms with van der Waals surface area (Å²) in [5, 5.41) is 0. The minimum atomic E-state index is 0.137. The van der Waals surface area contributed by atoms with Gasteiger partial charge in [0.05, 0.1) is 9.83 Å². The number of hydrazine groups is 1. The van der Waals surface area contributed by atoms with Gasteiger partial charge in [0, 0.05) is 12.9 Å². The maximum atomic E-state index is 5.67. The van der Waals surface area contributed by atoms with E-state index in [2.05, 4.69) is 90.2 Å². The molecule has 3 N–H and O–H groups in total. The second-order valence-corrected chi connectivity index (χ2v) is 8.32. The molecular weight excluding hydrogens is 491 g/mol. The van der Waals surface area contributed by atoms with E-state index in [0.717, 1.165) is 14.7 Å². The molecule has 2 nitrogen and oxygen atoms in total. The van der Waals surface area contributed by atoms with E-state index in [1.165, 1.54) is 14.0 Å². The predicted molar refractivity (Wildman–Crippen MR) is 92.6 cm³/mol. The minimum absolute atomic E-state index is 0.137. The molecule has 1 atom stereocenters. The predicted octanol–water partition coefficient (Wildman–Crippen LogP) is 4.62. The van der Waals surface area contributed by atoms with Crippen molar-refractivity contribution in [1.82, 2.24) is 5.43 Å². The summed E-state index contributed by atoms with van der Waals surface area (Å²) in [5.74, 6) is 5.67. The molecule has 0 aliphatic heterocycles. The van der Waals surface area contributed by atoms with Gasteiger partial charge in [0.1, 0.15) is 0 Å². The molecular formula is C12H11Br2IN2S. The largest absolute Gasteiger partial charge is 0.271 e. The van der Waals surface area contributed by atoms with E-state index < -0.39 is 0 Å². The SMILES string of the molecule is NNC(Cc1ccc(I)cc1)c1cc(Br)c(Br)s1. The van der Waals surface area contributed by atoms with Crippen molar-refractivity contribution < 1.29 is 0 Å². The highest BCUT2D eigenvalue weighted by atomic mass is 127. The third-order valence-electron chi connectivity index (χ3n) is 2.56. The van der Waals surface area contributed by atoms with E-state index in [1.54, 1.807) is 11.3 Å². The van der Waals surface area contributed by atoms with Gasteiger partial charge in [0.15, 0.2) is 0 Å². The van der Waals surface area contributed by atoms with E-state index in [0.29, 0.717) is 0 Å². The van der Waals surface area contributed by atoms with Crippen LogP contribution in [0.2, 0.25) is 0 Å². The molecule has 1 aromatic carbocycles. The number of benzene rings is 1. The standard InChI is InChI=1S/C12H11Br2IN2S/c13-9-6-11(18-12(9)14)10(17-16)5-7-1-3-8(15)4-2-7/h1-4,6,10,17H,5,16H2. The van der Waals surface area contributed by atoms with Crippen molar-refractivity contribution >= 4 is 65.8 Å². The topological polar surface area (TPSA) is 38.0 Å². The molecule has 0 fully saturated rings. The van der Waals surface area contributed by atoms with Gasteiger partial charge in [-0.05, 0) is 84.6 Å². The highest BCUT2D eigenvalue weighted by molar-refractivity contribution is 14.1. The monoisotopic (exact) mass is 500 g/mol. The van der Waals surface area contributed by atoms with E-state index in [1.807, 2.05) is 0 Å². The van der Waals surface area contributed by atoms with E-state index in [9.17, 15) is 0 Å².